The van der Waals surface area contributed by atoms with E-state index in [4.69, 9.17) is 0 Å². The van der Waals surface area contributed by atoms with Gasteiger partial charge in [-0.1, -0.05) is 26.0 Å². The van der Waals surface area contributed by atoms with E-state index in [2.05, 4.69) is 10.1 Å². The lowest BCUT2D eigenvalue weighted by atomic mass is 10.1. The standard InChI is InChI=1S/C14H18F3NO3/c1-9(2)12(19)8-18-13(20)7-10-3-5-11(6-4-10)21-14(15,16)17/h3-6,9,12,19H,7-8H2,1-2H3,(H,18,20). The summed E-state index contributed by atoms with van der Waals surface area (Å²) in [5, 5.41) is 12.1. The second-order valence-electron chi connectivity index (χ2n) is 4.98. The minimum absolute atomic E-state index is 0.0249. The van der Waals surface area contributed by atoms with E-state index in [1.54, 1.807) is 0 Å². The van der Waals surface area contributed by atoms with Gasteiger partial charge in [0.05, 0.1) is 12.5 Å². The average molecular weight is 305 g/mol. The Bertz CT molecular complexity index is 458. The summed E-state index contributed by atoms with van der Waals surface area (Å²) in [4.78, 5) is 11.6. The number of carbonyl (C=O) groups is 1. The number of carbonyl (C=O) groups excluding carboxylic acids is 1. The summed E-state index contributed by atoms with van der Waals surface area (Å²) in [7, 11) is 0. The molecule has 118 valence electrons. The molecular weight excluding hydrogens is 287 g/mol. The van der Waals surface area contributed by atoms with Crippen LogP contribution in [0, 0.1) is 5.92 Å². The molecule has 0 saturated carbocycles. The van der Waals surface area contributed by atoms with Crippen molar-refractivity contribution in [2.24, 2.45) is 5.92 Å². The van der Waals surface area contributed by atoms with Crippen LogP contribution in [0.15, 0.2) is 24.3 Å². The van der Waals surface area contributed by atoms with E-state index in [1.165, 1.54) is 12.1 Å². The molecule has 7 heteroatoms. The van der Waals surface area contributed by atoms with Gasteiger partial charge in [-0.05, 0) is 23.6 Å². The van der Waals surface area contributed by atoms with Crippen molar-refractivity contribution in [3.05, 3.63) is 29.8 Å². The van der Waals surface area contributed by atoms with E-state index in [0.29, 0.717) is 5.56 Å². The molecule has 2 N–H and O–H groups in total. The minimum atomic E-state index is -4.73. The molecule has 0 spiro atoms. The van der Waals surface area contributed by atoms with Crippen LogP contribution in [0.1, 0.15) is 19.4 Å². The molecule has 1 aromatic carbocycles. The predicted octanol–water partition coefficient (Wildman–Crippen LogP) is 2.26. The topological polar surface area (TPSA) is 58.6 Å². The minimum Gasteiger partial charge on any atom is -0.406 e. The summed E-state index contributed by atoms with van der Waals surface area (Å²) < 4.78 is 39.7. The highest BCUT2D eigenvalue weighted by atomic mass is 19.4. The molecule has 1 unspecified atom stereocenters. The Kier molecular flexibility index (Phi) is 6.02. The van der Waals surface area contributed by atoms with Crippen LogP contribution in [-0.2, 0) is 11.2 Å². The number of aliphatic hydroxyl groups excluding tert-OH is 1. The zero-order valence-corrected chi connectivity index (χ0v) is 11.8. The number of amides is 1. The Morgan fingerprint density at radius 3 is 2.33 bits per heavy atom. The molecule has 0 aliphatic rings. The van der Waals surface area contributed by atoms with Crippen molar-refractivity contribution in [1.82, 2.24) is 5.32 Å². The Balaban J connectivity index is 2.46. The first-order chi connectivity index (χ1) is 9.67. The molecule has 1 atom stereocenters. The third kappa shape index (κ3) is 6.99. The van der Waals surface area contributed by atoms with Crippen LogP contribution in [0.3, 0.4) is 0 Å². The molecule has 0 heterocycles. The number of aliphatic hydroxyl groups is 1. The quantitative estimate of drug-likeness (QED) is 0.847. The van der Waals surface area contributed by atoms with Gasteiger partial charge >= 0.3 is 6.36 Å². The molecule has 0 radical (unpaired) electrons. The van der Waals surface area contributed by atoms with E-state index in [-0.39, 0.29) is 30.5 Å². The van der Waals surface area contributed by atoms with Crippen LogP contribution >= 0.6 is 0 Å². The van der Waals surface area contributed by atoms with Crippen molar-refractivity contribution in [1.29, 1.82) is 0 Å². The molecule has 1 rings (SSSR count). The maximum atomic E-state index is 12.0. The van der Waals surface area contributed by atoms with Gasteiger partial charge in [0, 0.05) is 6.54 Å². The fourth-order valence-corrected chi connectivity index (χ4v) is 1.51. The van der Waals surface area contributed by atoms with Crippen molar-refractivity contribution in [3.63, 3.8) is 0 Å². The van der Waals surface area contributed by atoms with Crippen LogP contribution in [0.2, 0.25) is 0 Å². The van der Waals surface area contributed by atoms with Gasteiger partial charge in [-0.15, -0.1) is 13.2 Å². The maximum Gasteiger partial charge on any atom is 0.573 e. The summed E-state index contributed by atoms with van der Waals surface area (Å²) in [5.74, 6) is -0.606. The maximum absolute atomic E-state index is 12.0. The number of halogens is 3. The van der Waals surface area contributed by atoms with Crippen molar-refractivity contribution >= 4 is 5.91 Å². The number of nitrogens with one attached hydrogen (secondary N) is 1. The molecule has 21 heavy (non-hydrogen) atoms. The number of alkyl halides is 3. The normalized spacial score (nSPS) is 13.1. The van der Waals surface area contributed by atoms with Gasteiger partial charge in [-0.25, -0.2) is 0 Å². The van der Waals surface area contributed by atoms with Crippen molar-refractivity contribution < 1.29 is 27.8 Å². The highest BCUT2D eigenvalue weighted by Crippen LogP contribution is 2.22. The Labute approximate surface area is 120 Å². The highest BCUT2D eigenvalue weighted by molar-refractivity contribution is 5.78. The highest BCUT2D eigenvalue weighted by Gasteiger charge is 2.30. The molecule has 0 fully saturated rings. The van der Waals surface area contributed by atoms with Crippen LogP contribution in [-0.4, -0.2) is 30.0 Å². The fourth-order valence-electron chi connectivity index (χ4n) is 1.51. The van der Waals surface area contributed by atoms with E-state index < -0.39 is 12.5 Å². The van der Waals surface area contributed by atoms with Crippen LogP contribution in [0.4, 0.5) is 13.2 Å². The van der Waals surface area contributed by atoms with Gasteiger partial charge in [-0.3, -0.25) is 4.79 Å². The van der Waals surface area contributed by atoms with E-state index >= 15 is 0 Å². The largest absolute Gasteiger partial charge is 0.573 e. The van der Waals surface area contributed by atoms with Gasteiger partial charge in [-0.2, -0.15) is 0 Å². The van der Waals surface area contributed by atoms with Gasteiger partial charge in [0.15, 0.2) is 0 Å². The number of hydrogen-bond donors (Lipinski definition) is 2. The van der Waals surface area contributed by atoms with Gasteiger partial charge in [0.25, 0.3) is 0 Å². The first kappa shape index (κ1) is 17.3. The third-order valence-electron chi connectivity index (χ3n) is 2.80. The number of hydrogen-bond acceptors (Lipinski definition) is 3. The van der Waals surface area contributed by atoms with Crippen molar-refractivity contribution in [3.8, 4) is 5.75 Å². The van der Waals surface area contributed by atoms with Crippen molar-refractivity contribution in [2.75, 3.05) is 6.54 Å². The van der Waals surface area contributed by atoms with Crippen LogP contribution in [0.5, 0.6) is 5.75 Å². The molecule has 0 aliphatic carbocycles. The van der Waals surface area contributed by atoms with E-state index in [0.717, 1.165) is 12.1 Å². The predicted molar refractivity (Wildman–Crippen MR) is 70.7 cm³/mol. The fraction of sp³-hybridized carbons (Fsp3) is 0.500. The molecule has 0 aliphatic heterocycles. The number of rotatable bonds is 6. The smallest absolute Gasteiger partial charge is 0.406 e. The monoisotopic (exact) mass is 305 g/mol. The molecule has 0 bridgehead atoms. The van der Waals surface area contributed by atoms with Gasteiger partial charge < -0.3 is 15.2 Å². The summed E-state index contributed by atoms with van der Waals surface area (Å²) in [6.07, 6.45) is -5.33. The SMILES string of the molecule is CC(C)C(O)CNC(=O)Cc1ccc(OC(F)(F)F)cc1. The van der Waals surface area contributed by atoms with Crippen molar-refractivity contribution in [2.45, 2.75) is 32.7 Å². The van der Waals surface area contributed by atoms with Gasteiger partial charge in [0.1, 0.15) is 5.75 Å². The lowest BCUT2D eigenvalue weighted by molar-refractivity contribution is -0.274. The summed E-state index contributed by atoms with van der Waals surface area (Å²) in [5.41, 5.74) is 0.557. The first-order valence-electron chi connectivity index (χ1n) is 6.47. The molecule has 1 aromatic rings. The lowest BCUT2D eigenvalue weighted by Crippen LogP contribution is -2.35. The Morgan fingerprint density at radius 2 is 1.86 bits per heavy atom. The second-order valence-corrected chi connectivity index (χ2v) is 4.98. The first-order valence-corrected chi connectivity index (χ1v) is 6.47. The van der Waals surface area contributed by atoms with E-state index in [1.807, 2.05) is 13.8 Å². The zero-order chi connectivity index (χ0) is 16.0. The summed E-state index contributed by atoms with van der Waals surface area (Å²) in [6.45, 7) is 3.80. The molecule has 0 saturated heterocycles. The summed E-state index contributed by atoms with van der Waals surface area (Å²) in [6, 6.07) is 5.08. The molecule has 1 amide bonds. The average Bonchev–Trinajstić information content (AvgIpc) is 2.36. The molecule has 4 nitrogen and oxygen atoms in total. The van der Waals surface area contributed by atoms with E-state index in [9.17, 15) is 23.1 Å². The van der Waals surface area contributed by atoms with Crippen LogP contribution in [0.25, 0.3) is 0 Å². The third-order valence-corrected chi connectivity index (χ3v) is 2.80. The Morgan fingerprint density at radius 1 is 1.29 bits per heavy atom. The molecular formula is C14H18F3NO3. The zero-order valence-electron chi connectivity index (χ0n) is 11.8. The van der Waals surface area contributed by atoms with Crippen LogP contribution < -0.4 is 10.1 Å². The number of ether oxygens (including phenoxy) is 1. The lowest BCUT2D eigenvalue weighted by Gasteiger charge is -2.15. The van der Waals surface area contributed by atoms with Gasteiger partial charge in [0.2, 0.25) is 5.91 Å². The summed E-state index contributed by atoms with van der Waals surface area (Å²) >= 11 is 0. The Hall–Kier alpha value is -1.76. The molecule has 0 aromatic heterocycles. The second kappa shape index (κ2) is 7.31. The number of benzene rings is 1.